The lowest BCUT2D eigenvalue weighted by molar-refractivity contribution is 0.149. The highest BCUT2D eigenvalue weighted by molar-refractivity contribution is 5.34. The fourth-order valence-corrected chi connectivity index (χ4v) is 3.10. The van der Waals surface area contributed by atoms with E-state index in [9.17, 15) is 0 Å². The minimum absolute atomic E-state index is 0.343. The molecule has 0 aliphatic heterocycles. The Kier molecular flexibility index (Phi) is 3.96. The van der Waals surface area contributed by atoms with Gasteiger partial charge in [-0.05, 0) is 36.5 Å². The highest BCUT2D eigenvalue weighted by Crippen LogP contribution is 2.47. The standard InChI is InChI=1S/C16H25NO/c1-12(2)17-11-16(9-13(3)10-16)14-5-7-15(18-4)8-6-14/h5-8,12-13,17H,9-11H2,1-4H3. The molecule has 0 aromatic heterocycles. The van der Waals surface area contributed by atoms with Gasteiger partial charge in [0, 0.05) is 18.0 Å². The molecule has 0 bridgehead atoms. The van der Waals surface area contributed by atoms with Gasteiger partial charge < -0.3 is 10.1 Å². The lowest BCUT2D eigenvalue weighted by atomic mass is 9.59. The molecule has 1 aromatic rings. The Labute approximate surface area is 111 Å². The Morgan fingerprint density at radius 3 is 2.33 bits per heavy atom. The SMILES string of the molecule is COc1ccc(C2(CNC(C)C)CC(C)C2)cc1. The number of nitrogens with one attached hydrogen (secondary N) is 1. The van der Waals surface area contributed by atoms with Crippen LogP contribution >= 0.6 is 0 Å². The van der Waals surface area contributed by atoms with Crippen molar-refractivity contribution in [1.29, 1.82) is 0 Å². The van der Waals surface area contributed by atoms with Gasteiger partial charge in [0.25, 0.3) is 0 Å². The predicted molar refractivity (Wildman–Crippen MR) is 76.2 cm³/mol. The van der Waals surface area contributed by atoms with E-state index >= 15 is 0 Å². The van der Waals surface area contributed by atoms with Crippen LogP contribution in [-0.4, -0.2) is 19.7 Å². The summed E-state index contributed by atoms with van der Waals surface area (Å²) in [5.74, 6) is 1.79. The zero-order chi connectivity index (χ0) is 13.2. The second kappa shape index (κ2) is 5.31. The van der Waals surface area contributed by atoms with Crippen LogP contribution in [0.4, 0.5) is 0 Å². The van der Waals surface area contributed by atoms with Crippen molar-refractivity contribution in [2.45, 2.75) is 45.1 Å². The molecule has 0 saturated heterocycles. The Morgan fingerprint density at radius 2 is 1.89 bits per heavy atom. The monoisotopic (exact) mass is 247 g/mol. The third-order valence-corrected chi connectivity index (χ3v) is 4.03. The first-order valence-electron chi connectivity index (χ1n) is 6.94. The molecular formula is C16H25NO. The van der Waals surface area contributed by atoms with E-state index in [-0.39, 0.29) is 0 Å². The summed E-state index contributed by atoms with van der Waals surface area (Å²) in [4.78, 5) is 0. The van der Waals surface area contributed by atoms with Crippen LogP contribution in [0.1, 0.15) is 39.2 Å². The molecule has 2 rings (SSSR count). The number of hydrogen-bond donors (Lipinski definition) is 1. The Bertz CT molecular complexity index is 377. The topological polar surface area (TPSA) is 21.3 Å². The Hall–Kier alpha value is -1.02. The van der Waals surface area contributed by atoms with Gasteiger partial charge in [-0.15, -0.1) is 0 Å². The fraction of sp³-hybridized carbons (Fsp3) is 0.625. The van der Waals surface area contributed by atoms with E-state index in [2.05, 4.69) is 50.4 Å². The summed E-state index contributed by atoms with van der Waals surface area (Å²) < 4.78 is 5.24. The third kappa shape index (κ3) is 2.69. The smallest absolute Gasteiger partial charge is 0.118 e. The minimum Gasteiger partial charge on any atom is -0.497 e. The highest BCUT2D eigenvalue weighted by Gasteiger charge is 2.43. The Morgan fingerprint density at radius 1 is 1.28 bits per heavy atom. The van der Waals surface area contributed by atoms with Crippen LogP contribution in [0.5, 0.6) is 5.75 Å². The van der Waals surface area contributed by atoms with Gasteiger partial charge >= 0.3 is 0 Å². The second-order valence-corrected chi connectivity index (χ2v) is 6.06. The number of ether oxygens (including phenoxy) is 1. The first-order chi connectivity index (χ1) is 8.55. The first kappa shape index (κ1) is 13.4. The maximum Gasteiger partial charge on any atom is 0.118 e. The molecule has 1 aromatic carbocycles. The molecule has 0 spiro atoms. The average molecular weight is 247 g/mol. The number of methoxy groups -OCH3 is 1. The number of rotatable bonds is 5. The maximum atomic E-state index is 5.24. The maximum absolute atomic E-state index is 5.24. The van der Waals surface area contributed by atoms with Gasteiger partial charge in [0.15, 0.2) is 0 Å². The van der Waals surface area contributed by atoms with Crippen molar-refractivity contribution in [2.75, 3.05) is 13.7 Å². The van der Waals surface area contributed by atoms with E-state index in [0.717, 1.165) is 18.2 Å². The van der Waals surface area contributed by atoms with Crippen LogP contribution in [0, 0.1) is 5.92 Å². The van der Waals surface area contributed by atoms with Crippen LogP contribution in [-0.2, 0) is 5.41 Å². The molecule has 18 heavy (non-hydrogen) atoms. The van der Waals surface area contributed by atoms with E-state index in [4.69, 9.17) is 4.74 Å². The second-order valence-electron chi connectivity index (χ2n) is 6.06. The lowest BCUT2D eigenvalue weighted by Crippen LogP contribution is -2.49. The summed E-state index contributed by atoms with van der Waals surface area (Å²) in [5.41, 5.74) is 1.80. The molecule has 1 N–H and O–H groups in total. The van der Waals surface area contributed by atoms with Gasteiger partial charge in [-0.3, -0.25) is 0 Å². The van der Waals surface area contributed by atoms with E-state index in [1.165, 1.54) is 18.4 Å². The van der Waals surface area contributed by atoms with E-state index in [1.807, 2.05) is 0 Å². The van der Waals surface area contributed by atoms with E-state index in [0.29, 0.717) is 11.5 Å². The van der Waals surface area contributed by atoms with Gasteiger partial charge in [0.2, 0.25) is 0 Å². The number of benzene rings is 1. The quantitative estimate of drug-likeness (QED) is 0.861. The van der Waals surface area contributed by atoms with Crippen LogP contribution < -0.4 is 10.1 Å². The summed E-state index contributed by atoms with van der Waals surface area (Å²) in [7, 11) is 1.72. The molecule has 0 amide bonds. The van der Waals surface area contributed by atoms with Gasteiger partial charge in [-0.2, -0.15) is 0 Å². The van der Waals surface area contributed by atoms with Crippen LogP contribution in [0.3, 0.4) is 0 Å². The van der Waals surface area contributed by atoms with Crippen molar-refractivity contribution < 1.29 is 4.74 Å². The molecule has 0 unspecified atom stereocenters. The molecular weight excluding hydrogens is 222 g/mol. The molecule has 1 fully saturated rings. The van der Waals surface area contributed by atoms with Crippen LogP contribution in [0.2, 0.25) is 0 Å². The molecule has 0 atom stereocenters. The van der Waals surface area contributed by atoms with Crippen molar-refractivity contribution in [2.24, 2.45) is 5.92 Å². The molecule has 1 aliphatic rings. The van der Waals surface area contributed by atoms with Crippen molar-refractivity contribution in [3.05, 3.63) is 29.8 Å². The average Bonchev–Trinajstić information content (AvgIpc) is 2.33. The fourth-order valence-electron chi connectivity index (χ4n) is 3.10. The number of hydrogen-bond acceptors (Lipinski definition) is 2. The van der Waals surface area contributed by atoms with E-state index in [1.54, 1.807) is 7.11 Å². The molecule has 0 heterocycles. The summed E-state index contributed by atoms with van der Waals surface area (Å²) in [5, 5.41) is 3.60. The third-order valence-electron chi connectivity index (χ3n) is 4.03. The first-order valence-corrected chi connectivity index (χ1v) is 6.94. The predicted octanol–water partition coefficient (Wildman–Crippen LogP) is 3.36. The van der Waals surface area contributed by atoms with Gasteiger partial charge in [-0.25, -0.2) is 0 Å². The summed E-state index contributed by atoms with van der Waals surface area (Å²) in [6.45, 7) is 7.85. The summed E-state index contributed by atoms with van der Waals surface area (Å²) in [6, 6.07) is 9.17. The summed E-state index contributed by atoms with van der Waals surface area (Å²) in [6.07, 6.45) is 2.58. The molecule has 1 saturated carbocycles. The van der Waals surface area contributed by atoms with Crippen molar-refractivity contribution >= 4 is 0 Å². The molecule has 1 aliphatic carbocycles. The molecule has 2 heteroatoms. The van der Waals surface area contributed by atoms with Gasteiger partial charge in [-0.1, -0.05) is 32.9 Å². The lowest BCUT2D eigenvalue weighted by Gasteiger charge is -2.48. The van der Waals surface area contributed by atoms with E-state index < -0.39 is 0 Å². The minimum atomic E-state index is 0.343. The molecule has 0 radical (unpaired) electrons. The van der Waals surface area contributed by atoms with Crippen LogP contribution in [0.15, 0.2) is 24.3 Å². The highest BCUT2D eigenvalue weighted by atomic mass is 16.5. The largest absolute Gasteiger partial charge is 0.497 e. The van der Waals surface area contributed by atoms with Gasteiger partial charge in [0.05, 0.1) is 7.11 Å². The summed E-state index contributed by atoms with van der Waals surface area (Å²) >= 11 is 0. The Balaban J connectivity index is 2.13. The molecule has 2 nitrogen and oxygen atoms in total. The van der Waals surface area contributed by atoms with Crippen molar-refractivity contribution in [1.82, 2.24) is 5.32 Å². The molecule has 100 valence electrons. The van der Waals surface area contributed by atoms with Crippen molar-refractivity contribution in [3.63, 3.8) is 0 Å². The zero-order valence-corrected chi connectivity index (χ0v) is 12.0. The zero-order valence-electron chi connectivity index (χ0n) is 12.0. The van der Waals surface area contributed by atoms with Crippen LogP contribution in [0.25, 0.3) is 0 Å². The van der Waals surface area contributed by atoms with Crippen molar-refractivity contribution in [3.8, 4) is 5.75 Å². The normalized spacial score (nSPS) is 27.1. The van der Waals surface area contributed by atoms with Gasteiger partial charge in [0.1, 0.15) is 5.75 Å².